The van der Waals surface area contributed by atoms with Crippen LogP contribution in [0.5, 0.6) is 0 Å². The van der Waals surface area contributed by atoms with Crippen LogP contribution in [0.25, 0.3) is 0 Å². The van der Waals surface area contributed by atoms with E-state index in [-0.39, 0.29) is 12.2 Å². The van der Waals surface area contributed by atoms with Crippen molar-refractivity contribution in [3.63, 3.8) is 0 Å². The van der Waals surface area contributed by atoms with Gasteiger partial charge in [0.15, 0.2) is 0 Å². The van der Waals surface area contributed by atoms with Crippen LogP contribution in [-0.4, -0.2) is 26.7 Å². The number of hydrogen-bond acceptors (Lipinski definition) is 4. The molecule has 0 saturated heterocycles. The van der Waals surface area contributed by atoms with Gasteiger partial charge in [0.05, 0.1) is 18.8 Å². The van der Waals surface area contributed by atoms with Crippen molar-refractivity contribution in [2.45, 2.75) is 59.2 Å². The van der Waals surface area contributed by atoms with Crippen LogP contribution in [0, 0.1) is 0 Å². The fraction of sp³-hybridized carbons (Fsp3) is 0.529. The third-order valence-electron chi connectivity index (χ3n) is 3.41. The second-order valence-corrected chi connectivity index (χ2v) is 5.66. The van der Waals surface area contributed by atoms with Gasteiger partial charge in [-0.25, -0.2) is 4.98 Å². The van der Waals surface area contributed by atoms with E-state index in [1.54, 1.807) is 12.4 Å². The molecule has 120 valence electrons. The lowest BCUT2D eigenvalue weighted by Crippen LogP contribution is -2.14. The number of imidazole rings is 1. The largest absolute Gasteiger partial charge is 0.374 e. The SMILES string of the molecule is CC(C)OCc1nccn1CCC(C)OCc1ccncc1. The van der Waals surface area contributed by atoms with E-state index in [9.17, 15) is 0 Å². The van der Waals surface area contributed by atoms with Crippen LogP contribution >= 0.6 is 0 Å². The molecule has 0 radical (unpaired) electrons. The van der Waals surface area contributed by atoms with Crippen molar-refractivity contribution in [1.82, 2.24) is 14.5 Å². The summed E-state index contributed by atoms with van der Waals surface area (Å²) in [6, 6.07) is 3.95. The molecule has 0 fully saturated rings. The Bertz CT molecular complexity index is 540. The van der Waals surface area contributed by atoms with Crippen LogP contribution < -0.4 is 0 Å². The molecule has 0 aromatic carbocycles. The molecule has 2 rings (SSSR count). The molecule has 1 atom stereocenters. The fourth-order valence-electron chi connectivity index (χ4n) is 2.05. The van der Waals surface area contributed by atoms with Gasteiger partial charge in [0, 0.05) is 31.3 Å². The molecule has 1 unspecified atom stereocenters. The molecule has 22 heavy (non-hydrogen) atoms. The summed E-state index contributed by atoms with van der Waals surface area (Å²) in [6.07, 6.45) is 8.74. The Hall–Kier alpha value is -1.72. The highest BCUT2D eigenvalue weighted by molar-refractivity contribution is 5.07. The van der Waals surface area contributed by atoms with Crippen LogP contribution in [0.2, 0.25) is 0 Å². The van der Waals surface area contributed by atoms with E-state index in [1.165, 1.54) is 0 Å². The van der Waals surface area contributed by atoms with E-state index in [0.29, 0.717) is 13.2 Å². The van der Waals surface area contributed by atoms with Gasteiger partial charge in [0.2, 0.25) is 0 Å². The van der Waals surface area contributed by atoms with Gasteiger partial charge in [-0.3, -0.25) is 4.98 Å². The Labute approximate surface area is 132 Å². The van der Waals surface area contributed by atoms with E-state index in [0.717, 1.165) is 24.4 Å². The summed E-state index contributed by atoms with van der Waals surface area (Å²) in [5.74, 6) is 0.968. The highest BCUT2D eigenvalue weighted by Crippen LogP contribution is 2.08. The molecule has 0 N–H and O–H groups in total. The Morgan fingerprint density at radius 2 is 1.82 bits per heavy atom. The molecule has 0 aliphatic heterocycles. The van der Waals surface area contributed by atoms with E-state index < -0.39 is 0 Å². The van der Waals surface area contributed by atoms with Crippen LogP contribution in [0.1, 0.15) is 38.6 Å². The highest BCUT2D eigenvalue weighted by atomic mass is 16.5. The lowest BCUT2D eigenvalue weighted by Gasteiger charge is -2.15. The number of aryl methyl sites for hydroxylation is 1. The molecule has 0 aliphatic carbocycles. The summed E-state index contributed by atoms with van der Waals surface area (Å²) in [7, 11) is 0. The minimum atomic E-state index is 0.189. The average Bonchev–Trinajstić information content (AvgIpc) is 2.97. The zero-order chi connectivity index (χ0) is 15.8. The second kappa shape index (κ2) is 8.66. The Balaban J connectivity index is 1.74. The van der Waals surface area contributed by atoms with E-state index >= 15 is 0 Å². The summed E-state index contributed by atoms with van der Waals surface area (Å²) < 4.78 is 13.6. The summed E-state index contributed by atoms with van der Waals surface area (Å²) in [5, 5.41) is 0. The zero-order valence-electron chi connectivity index (χ0n) is 13.6. The van der Waals surface area contributed by atoms with Crippen molar-refractivity contribution in [3.8, 4) is 0 Å². The predicted octanol–water partition coefficient (Wildman–Crippen LogP) is 3.20. The van der Waals surface area contributed by atoms with Crippen LogP contribution in [-0.2, 0) is 29.2 Å². The molecule has 0 spiro atoms. The first kappa shape index (κ1) is 16.6. The van der Waals surface area contributed by atoms with Gasteiger partial charge >= 0.3 is 0 Å². The molecule has 2 aromatic heterocycles. The van der Waals surface area contributed by atoms with Gasteiger partial charge in [0.1, 0.15) is 12.4 Å². The van der Waals surface area contributed by atoms with Crippen molar-refractivity contribution in [1.29, 1.82) is 0 Å². The fourth-order valence-corrected chi connectivity index (χ4v) is 2.05. The molecule has 0 bridgehead atoms. The van der Waals surface area contributed by atoms with Gasteiger partial charge in [0.25, 0.3) is 0 Å². The maximum absolute atomic E-state index is 5.87. The standard InChI is InChI=1S/C17H25N3O2/c1-14(2)21-13-17-19-9-11-20(17)10-6-15(3)22-12-16-4-7-18-8-5-16/h4-5,7-9,11,14-15H,6,10,12-13H2,1-3H3. The van der Waals surface area contributed by atoms with Crippen LogP contribution in [0.4, 0.5) is 0 Å². The van der Waals surface area contributed by atoms with E-state index in [4.69, 9.17) is 9.47 Å². The maximum Gasteiger partial charge on any atom is 0.134 e. The third-order valence-corrected chi connectivity index (χ3v) is 3.41. The third kappa shape index (κ3) is 5.58. The normalized spacial score (nSPS) is 12.7. The van der Waals surface area contributed by atoms with Gasteiger partial charge in [-0.05, 0) is 44.9 Å². The quantitative estimate of drug-likeness (QED) is 0.714. The zero-order valence-corrected chi connectivity index (χ0v) is 13.6. The Kier molecular flexibility index (Phi) is 6.55. The Morgan fingerprint density at radius 1 is 1.05 bits per heavy atom. The maximum atomic E-state index is 5.87. The van der Waals surface area contributed by atoms with Crippen molar-refractivity contribution in [2.24, 2.45) is 0 Å². The lowest BCUT2D eigenvalue weighted by atomic mass is 10.2. The van der Waals surface area contributed by atoms with E-state index in [2.05, 4.69) is 21.5 Å². The van der Waals surface area contributed by atoms with Crippen LogP contribution in [0.3, 0.4) is 0 Å². The first-order chi connectivity index (χ1) is 10.6. The number of ether oxygens (including phenoxy) is 2. The minimum absolute atomic E-state index is 0.189. The molecule has 0 aliphatic rings. The first-order valence-electron chi connectivity index (χ1n) is 7.77. The number of nitrogens with zero attached hydrogens (tertiary/aromatic N) is 3. The van der Waals surface area contributed by atoms with Crippen molar-refractivity contribution in [3.05, 3.63) is 48.3 Å². The van der Waals surface area contributed by atoms with Gasteiger partial charge in [-0.15, -0.1) is 0 Å². The summed E-state index contributed by atoms with van der Waals surface area (Å²) in [6.45, 7) is 8.22. The summed E-state index contributed by atoms with van der Waals surface area (Å²) in [4.78, 5) is 8.35. The molecule has 2 heterocycles. The van der Waals surface area contributed by atoms with Crippen molar-refractivity contribution < 1.29 is 9.47 Å². The monoisotopic (exact) mass is 303 g/mol. The van der Waals surface area contributed by atoms with Crippen molar-refractivity contribution >= 4 is 0 Å². The molecule has 0 saturated carbocycles. The number of hydrogen-bond donors (Lipinski definition) is 0. The molecule has 0 amide bonds. The second-order valence-electron chi connectivity index (χ2n) is 5.66. The van der Waals surface area contributed by atoms with Crippen molar-refractivity contribution in [2.75, 3.05) is 0 Å². The van der Waals surface area contributed by atoms with E-state index in [1.807, 2.05) is 38.4 Å². The minimum Gasteiger partial charge on any atom is -0.374 e. The summed E-state index contributed by atoms with van der Waals surface area (Å²) >= 11 is 0. The molecular formula is C17H25N3O2. The van der Waals surface area contributed by atoms with Gasteiger partial charge in [-0.1, -0.05) is 0 Å². The molecular weight excluding hydrogens is 278 g/mol. The number of aromatic nitrogens is 3. The smallest absolute Gasteiger partial charge is 0.134 e. The summed E-state index contributed by atoms with van der Waals surface area (Å²) in [5.41, 5.74) is 1.15. The molecule has 5 heteroatoms. The lowest BCUT2D eigenvalue weighted by molar-refractivity contribution is 0.0422. The molecule has 5 nitrogen and oxygen atoms in total. The predicted molar refractivity (Wildman–Crippen MR) is 85.3 cm³/mol. The first-order valence-corrected chi connectivity index (χ1v) is 7.77. The van der Waals surface area contributed by atoms with Gasteiger partial charge in [-0.2, -0.15) is 0 Å². The average molecular weight is 303 g/mol. The number of pyridine rings is 1. The van der Waals surface area contributed by atoms with Crippen LogP contribution in [0.15, 0.2) is 36.9 Å². The topological polar surface area (TPSA) is 49.2 Å². The number of rotatable bonds is 9. The van der Waals surface area contributed by atoms with Gasteiger partial charge < -0.3 is 14.0 Å². The highest BCUT2D eigenvalue weighted by Gasteiger charge is 2.07. The Morgan fingerprint density at radius 3 is 2.55 bits per heavy atom. The molecule has 2 aromatic rings.